The summed E-state index contributed by atoms with van der Waals surface area (Å²) in [4.78, 5) is 0. The second kappa shape index (κ2) is 60.6. The van der Waals surface area contributed by atoms with E-state index < -0.39 is 30.5 Å². The molecule has 3 nitrogen and oxygen atoms in total. The Bertz CT molecular complexity index is 4800. The molecule has 0 fully saturated rings. The molecule has 0 spiro atoms. The molecular weight excluding hydrogens is 1820 g/mol. The van der Waals surface area contributed by atoms with Crippen LogP contribution in [0.3, 0.4) is 0 Å². The van der Waals surface area contributed by atoms with Crippen LogP contribution in [0.4, 0.5) is 39.5 Å². The third-order valence-corrected chi connectivity index (χ3v) is 21.8. The monoisotopic (exact) mass is 1970 g/mol. The number of aryl methyl sites for hydroxylation is 7. The Morgan fingerprint density at radius 1 is 0.235 bits per heavy atom. The summed E-state index contributed by atoms with van der Waals surface area (Å²) >= 11 is 40.7. The summed E-state index contributed by atoms with van der Waals surface area (Å²) in [5, 5.41) is 4.13. The second-order valence-electron chi connectivity index (χ2n) is 36.0. The molecular formula is C113H144Cl7F9O3. The highest BCUT2D eigenvalue weighted by atomic mass is 35.5. The van der Waals surface area contributed by atoms with Crippen LogP contribution in [0, 0.1) is 52.1 Å². The first-order chi connectivity index (χ1) is 62.3. The molecule has 0 amide bonds. The van der Waals surface area contributed by atoms with Crippen molar-refractivity contribution in [2.45, 2.75) is 291 Å². The summed E-state index contributed by atoms with van der Waals surface area (Å²) in [6.07, 6.45) is -6.69. The van der Waals surface area contributed by atoms with Crippen LogP contribution in [0.15, 0.2) is 200 Å². The Morgan fingerprint density at radius 2 is 0.432 bits per heavy atom. The van der Waals surface area contributed by atoms with Gasteiger partial charge >= 0.3 is 12.4 Å². The lowest BCUT2D eigenvalue weighted by Gasteiger charge is -2.11. The molecule has 132 heavy (non-hydrogen) atoms. The van der Waals surface area contributed by atoms with Gasteiger partial charge in [0.25, 0.3) is 0 Å². The summed E-state index contributed by atoms with van der Waals surface area (Å²) in [6.45, 7) is 59.6. The zero-order valence-corrected chi connectivity index (χ0v) is 88.4. The predicted octanol–water partition coefficient (Wildman–Crippen LogP) is 40.6. The average molecular weight is 1970 g/mol. The fourth-order valence-corrected chi connectivity index (χ4v) is 14.2. The van der Waals surface area contributed by atoms with Crippen molar-refractivity contribution in [1.82, 2.24) is 0 Å². The Hall–Kier alpha value is -7.78. The maximum absolute atomic E-state index is 13.0. The molecule has 11 aromatic rings. The maximum atomic E-state index is 13.0. The van der Waals surface area contributed by atoms with Crippen LogP contribution in [0.2, 0.25) is 35.2 Å². The van der Waals surface area contributed by atoms with E-state index in [0.717, 1.165) is 108 Å². The number of alkyl halides is 6. The van der Waals surface area contributed by atoms with Gasteiger partial charge in [0, 0.05) is 41.2 Å². The molecule has 0 aliphatic heterocycles. The number of hydrogen-bond acceptors (Lipinski definition) is 3. The van der Waals surface area contributed by atoms with Crippen LogP contribution < -0.4 is 14.2 Å². The van der Waals surface area contributed by atoms with Gasteiger partial charge in [0.15, 0.2) is 0 Å². The highest BCUT2D eigenvalue weighted by Gasteiger charge is 2.32. The summed E-state index contributed by atoms with van der Waals surface area (Å²) in [7, 11) is 0.899. The van der Waals surface area contributed by atoms with Gasteiger partial charge in [0.1, 0.15) is 34.7 Å². The highest BCUT2D eigenvalue weighted by molar-refractivity contribution is 6.32. The molecule has 0 saturated carbocycles. The van der Waals surface area contributed by atoms with Gasteiger partial charge in [-0.1, -0.05) is 290 Å². The number of hydrogen-bond donors (Lipinski definition) is 0. The van der Waals surface area contributed by atoms with Crippen LogP contribution in [0.1, 0.15) is 347 Å². The molecule has 0 unspecified atom stereocenters. The fourth-order valence-electron chi connectivity index (χ4n) is 12.3. The van der Waals surface area contributed by atoms with Gasteiger partial charge in [-0.15, -0.1) is 0 Å². The standard InChI is InChI=1S/C11H15Cl.C11H15F.C11H16O2.2C10H10ClF3.C10H13ClO.3C10H13Cl.2C10H13F/c2*1-4-9-5-10(8(2)3)7-11(12)6-9;1-8(2)9-5-10(12-3)7-11(6-9)13-4;2*1-6(2)7-3-8(10(12,13)14)5-9(11)4-7;1-7(2)8-4-9(11)6-10(5-8)12-3;5*1-7(2)9-4-8(3)5-10(11)6-9/h2*5-8H,4H2,1-3H3;5-8H,1-4H3;2*3-6H,1-2H3;4-7H,1-3H3;5*4-7H,1-3H3/i;;;;;3D3;;;;;. The molecule has 0 N–H and O–H groups in total. The Kier molecular flexibility index (Phi) is 53.5. The molecule has 0 heterocycles. The third kappa shape index (κ3) is 49.6. The van der Waals surface area contributed by atoms with E-state index in [1.54, 1.807) is 74.9 Å². The highest BCUT2D eigenvalue weighted by Crippen LogP contribution is 2.37. The van der Waals surface area contributed by atoms with E-state index in [1.807, 2.05) is 141 Å². The van der Waals surface area contributed by atoms with Crippen LogP contribution in [0.25, 0.3) is 0 Å². The van der Waals surface area contributed by atoms with E-state index >= 15 is 0 Å². The van der Waals surface area contributed by atoms with E-state index in [1.165, 1.54) is 56.1 Å². The first kappa shape index (κ1) is 117. The smallest absolute Gasteiger partial charge is 0.416 e. The minimum atomic E-state index is -4.32. The lowest BCUT2D eigenvalue weighted by atomic mass is 10.00. The molecule has 11 aromatic carbocycles. The topological polar surface area (TPSA) is 27.7 Å². The molecule has 0 aromatic heterocycles. The van der Waals surface area contributed by atoms with Gasteiger partial charge in [0.2, 0.25) is 0 Å². The minimum Gasteiger partial charge on any atom is -0.497 e. The predicted molar refractivity (Wildman–Crippen MR) is 553 cm³/mol. The van der Waals surface area contributed by atoms with E-state index in [4.69, 9.17) is 99.5 Å². The summed E-state index contributed by atoms with van der Waals surface area (Å²) in [5.74, 6) is 5.93. The maximum Gasteiger partial charge on any atom is 0.416 e. The number of halogens is 16. The Labute approximate surface area is 826 Å². The third-order valence-electron chi connectivity index (χ3n) is 20.3. The largest absolute Gasteiger partial charge is 0.497 e. The number of benzene rings is 11. The van der Waals surface area contributed by atoms with E-state index in [9.17, 15) is 39.5 Å². The van der Waals surface area contributed by atoms with Gasteiger partial charge in [-0.25, -0.2) is 13.2 Å². The van der Waals surface area contributed by atoms with E-state index in [-0.39, 0.29) is 51.0 Å². The van der Waals surface area contributed by atoms with E-state index in [2.05, 4.69) is 169 Å². The Balaban J connectivity index is 0.000000744. The molecule has 0 aliphatic carbocycles. The first-order valence-electron chi connectivity index (χ1n) is 46.2. The normalized spacial score (nSPS) is 11.4. The summed E-state index contributed by atoms with van der Waals surface area (Å²) < 4.78 is 149. The molecule has 0 radical (unpaired) electrons. The molecule has 0 aliphatic rings. The SMILES string of the molecule is CC(C)c1cc(Cl)cc(C(F)(F)F)c1.CC(C)c1cc(Cl)cc(C(F)(F)F)c1.CCc1cc(Cl)cc(C(C)C)c1.CCc1cc(F)cc(C(C)C)c1.COc1cc(OC)cc(C(C)C)c1.Cc1cc(Cl)cc(C(C)C)c1.Cc1cc(Cl)cc(C(C)C)c1.Cc1cc(Cl)cc(C(C)C)c1.Cc1cc(F)cc(C(C)C)c1.Cc1cc(F)cc(C(C)C)c1.[2H]C([2H])([2H])Oc1cc(Cl)cc(C(C)C)c1. The van der Waals surface area contributed by atoms with Crippen molar-refractivity contribution in [1.29, 1.82) is 0 Å². The van der Waals surface area contributed by atoms with Gasteiger partial charge in [-0.3, -0.25) is 0 Å². The van der Waals surface area contributed by atoms with Crippen LogP contribution in [-0.4, -0.2) is 21.3 Å². The number of rotatable bonds is 16. The molecule has 0 saturated heterocycles. The molecule has 726 valence electrons. The van der Waals surface area contributed by atoms with Crippen molar-refractivity contribution in [2.24, 2.45) is 0 Å². The van der Waals surface area contributed by atoms with Crippen molar-refractivity contribution < 1.29 is 57.8 Å². The van der Waals surface area contributed by atoms with Crippen molar-refractivity contribution in [3.63, 3.8) is 0 Å². The quantitative estimate of drug-likeness (QED) is 0.0903. The minimum absolute atomic E-state index is 0.0369. The van der Waals surface area contributed by atoms with Crippen molar-refractivity contribution >= 4 is 81.2 Å². The number of methoxy groups -OCH3 is 3. The van der Waals surface area contributed by atoms with E-state index in [0.29, 0.717) is 63.5 Å². The first-order valence-corrected chi connectivity index (χ1v) is 47.4. The van der Waals surface area contributed by atoms with Gasteiger partial charge in [-0.2, -0.15) is 26.3 Å². The fraction of sp³-hybridized carbons (Fsp3) is 0.416. The van der Waals surface area contributed by atoms with Gasteiger partial charge < -0.3 is 14.2 Å². The molecule has 0 bridgehead atoms. The molecule has 0 atom stereocenters. The van der Waals surface area contributed by atoms with Crippen molar-refractivity contribution in [3.05, 3.63) is 364 Å². The Morgan fingerprint density at radius 3 is 0.674 bits per heavy atom. The summed E-state index contributed by atoms with van der Waals surface area (Å²) in [6, 6.07) is 58.7. The van der Waals surface area contributed by atoms with Crippen molar-refractivity contribution in [3.8, 4) is 17.2 Å². The molecule has 19 heteroatoms. The number of ether oxygens (including phenoxy) is 3. The van der Waals surface area contributed by atoms with Crippen LogP contribution >= 0.6 is 81.2 Å². The van der Waals surface area contributed by atoms with Gasteiger partial charge in [0.05, 0.1) is 36.5 Å². The van der Waals surface area contributed by atoms with Crippen LogP contribution in [-0.2, 0) is 25.2 Å². The average Bonchev–Trinajstić information content (AvgIpc) is 0.827. The zero-order valence-electron chi connectivity index (χ0n) is 86.1. The van der Waals surface area contributed by atoms with Gasteiger partial charge in [-0.05, 0) is 364 Å². The van der Waals surface area contributed by atoms with Crippen molar-refractivity contribution in [2.75, 3.05) is 21.3 Å². The summed E-state index contributed by atoms with van der Waals surface area (Å²) in [5.41, 5.74) is 18.6. The zero-order chi connectivity index (χ0) is 104. The molecule has 11 rings (SSSR count). The second-order valence-corrected chi connectivity index (χ2v) is 39.1. The van der Waals surface area contributed by atoms with Crippen LogP contribution in [0.5, 0.6) is 17.2 Å². The lowest BCUT2D eigenvalue weighted by Crippen LogP contribution is -2.06. The lowest BCUT2D eigenvalue weighted by molar-refractivity contribution is -0.138.